The highest BCUT2D eigenvalue weighted by atomic mass is 16.5. The highest BCUT2D eigenvalue weighted by Gasteiger charge is 2.31. The number of aliphatic hydroxyl groups excluding tert-OH is 1. The summed E-state index contributed by atoms with van der Waals surface area (Å²) in [7, 11) is 0. The highest BCUT2D eigenvalue weighted by Crippen LogP contribution is 2.24. The smallest absolute Gasteiger partial charge is 0.274 e. The Morgan fingerprint density at radius 1 is 0.945 bits per heavy atom. The summed E-state index contributed by atoms with van der Waals surface area (Å²) in [4.78, 5) is 82.0. The Hall–Kier alpha value is -6.75. The van der Waals surface area contributed by atoms with E-state index in [1.165, 1.54) is 31.0 Å². The van der Waals surface area contributed by atoms with Gasteiger partial charge >= 0.3 is 0 Å². The van der Waals surface area contributed by atoms with Gasteiger partial charge in [-0.25, -0.2) is 15.0 Å². The van der Waals surface area contributed by atoms with Crippen LogP contribution >= 0.6 is 0 Å². The van der Waals surface area contributed by atoms with E-state index >= 15 is 0 Å². The number of hydrogen-bond donors (Lipinski definition) is 5. The molecule has 284 valence electrons. The molecule has 0 spiro atoms. The van der Waals surface area contributed by atoms with Crippen molar-refractivity contribution in [3.05, 3.63) is 119 Å². The Labute approximate surface area is 314 Å². The fraction of sp³-hybridized carbons (Fsp3) is 0.289. The number of nitrogens with one attached hydrogen (secondary N) is 4. The van der Waals surface area contributed by atoms with Gasteiger partial charge in [0.15, 0.2) is 17.1 Å². The van der Waals surface area contributed by atoms with E-state index in [9.17, 15) is 29.1 Å². The lowest BCUT2D eigenvalue weighted by molar-refractivity contribution is -0.131. The lowest BCUT2D eigenvalue weighted by atomic mass is 10.1. The Kier molecular flexibility index (Phi) is 11.7. The van der Waals surface area contributed by atoms with Crippen LogP contribution in [0.5, 0.6) is 0 Å². The largest absolute Gasteiger partial charge is 0.446 e. The average Bonchev–Trinajstić information content (AvgIpc) is 3.87. The first-order chi connectivity index (χ1) is 26.5. The quantitative estimate of drug-likeness (QED) is 0.173. The number of fused-ring (bicyclic) bond motifs is 4. The number of amides is 5. The first-order valence-corrected chi connectivity index (χ1v) is 17.5. The summed E-state index contributed by atoms with van der Waals surface area (Å²) < 4.78 is 11.2. The van der Waals surface area contributed by atoms with Crippen LogP contribution < -0.4 is 21.3 Å². The first kappa shape index (κ1) is 38.0. The molecule has 5 N–H and O–H groups in total. The minimum absolute atomic E-state index is 0.0217. The second-order valence-corrected chi connectivity index (χ2v) is 13.0. The minimum atomic E-state index is -1.47. The van der Waals surface area contributed by atoms with Gasteiger partial charge in [-0.3, -0.25) is 24.0 Å². The maximum Gasteiger partial charge on any atom is 0.274 e. The number of nitrogens with zero attached hydrogens (tertiary/aromatic N) is 5. The molecule has 6 rings (SSSR count). The number of benzene rings is 2. The molecule has 17 heteroatoms. The summed E-state index contributed by atoms with van der Waals surface area (Å²) in [6.45, 7) is 4.17. The van der Waals surface area contributed by atoms with Gasteiger partial charge in [-0.15, -0.1) is 0 Å². The number of aromatic nitrogens is 4. The topological polar surface area (TPSA) is 235 Å². The van der Waals surface area contributed by atoms with Crippen LogP contribution in [0.15, 0.2) is 88.1 Å². The Balaban J connectivity index is 1.34. The molecular weight excluding hydrogens is 710 g/mol. The summed E-state index contributed by atoms with van der Waals surface area (Å²) in [6.07, 6.45) is 1.34. The van der Waals surface area contributed by atoms with E-state index in [0.717, 1.165) is 11.8 Å². The summed E-state index contributed by atoms with van der Waals surface area (Å²) in [5.41, 5.74) is 1.76. The molecule has 1 aliphatic heterocycles. The van der Waals surface area contributed by atoms with Crippen LogP contribution in [0.25, 0.3) is 11.3 Å². The molecule has 0 fully saturated rings. The number of aliphatic hydroxyl groups is 1. The zero-order valence-corrected chi connectivity index (χ0v) is 30.2. The molecule has 5 amide bonds. The van der Waals surface area contributed by atoms with Crippen LogP contribution in [0, 0.1) is 6.92 Å². The van der Waals surface area contributed by atoms with E-state index in [2.05, 4.69) is 41.4 Å². The minimum Gasteiger partial charge on any atom is -0.446 e. The molecule has 0 radical (unpaired) electrons. The van der Waals surface area contributed by atoms with Crippen molar-refractivity contribution in [3.8, 4) is 11.3 Å². The van der Waals surface area contributed by atoms with E-state index in [4.69, 9.17) is 8.94 Å². The fourth-order valence-electron chi connectivity index (χ4n) is 5.84. The van der Waals surface area contributed by atoms with Crippen molar-refractivity contribution in [2.75, 3.05) is 13.1 Å². The molecule has 55 heavy (non-hydrogen) atoms. The van der Waals surface area contributed by atoms with E-state index in [1.54, 1.807) is 6.92 Å². The van der Waals surface area contributed by atoms with E-state index < -0.39 is 53.8 Å². The van der Waals surface area contributed by atoms with Crippen LogP contribution in [0.3, 0.4) is 0 Å². The van der Waals surface area contributed by atoms with Crippen molar-refractivity contribution in [1.82, 2.24) is 46.3 Å². The third kappa shape index (κ3) is 9.25. The SMILES string of the molecule is Cc1ncc(C(=O)N2CCNC(=O)[C@@H](C)NC(=O)[C@H]([C@@H](C)O)NC(=O)c3coc(n3)[C@@H](Cc3ccccc3)NC(=O)c3cc(on3)C2)c(-c2ccccc2)n1. The van der Waals surface area contributed by atoms with Crippen molar-refractivity contribution in [2.45, 2.75) is 58.0 Å². The Morgan fingerprint density at radius 2 is 1.65 bits per heavy atom. The molecule has 4 bridgehead atoms. The molecule has 3 aromatic heterocycles. The van der Waals surface area contributed by atoms with Crippen LogP contribution in [0.1, 0.15) is 74.3 Å². The van der Waals surface area contributed by atoms with Crippen LogP contribution in [-0.2, 0) is 22.6 Å². The number of oxazole rings is 1. The lowest BCUT2D eigenvalue weighted by Gasteiger charge is -2.24. The third-order valence-electron chi connectivity index (χ3n) is 8.74. The normalized spacial score (nSPS) is 19.3. The average molecular weight is 750 g/mol. The second kappa shape index (κ2) is 16.9. The maximum absolute atomic E-state index is 14.3. The van der Waals surface area contributed by atoms with Crippen molar-refractivity contribution >= 4 is 29.5 Å². The highest BCUT2D eigenvalue weighted by molar-refractivity contribution is 6.00. The molecule has 17 nitrogen and oxygen atoms in total. The molecule has 4 atom stereocenters. The van der Waals surface area contributed by atoms with Gasteiger partial charge < -0.3 is 40.2 Å². The zero-order valence-electron chi connectivity index (χ0n) is 30.2. The van der Waals surface area contributed by atoms with Gasteiger partial charge in [0.05, 0.1) is 23.9 Å². The molecule has 0 unspecified atom stereocenters. The predicted molar refractivity (Wildman–Crippen MR) is 194 cm³/mol. The van der Waals surface area contributed by atoms with Gasteiger partial charge in [0.2, 0.25) is 17.7 Å². The second-order valence-electron chi connectivity index (χ2n) is 13.0. The predicted octanol–water partition coefficient (Wildman–Crippen LogP) is 1.90. The third-order valence-corrected chi connectivity index (χ3v) is 8.74. The van der Waals surface area contributed by atoms with Gasteiger partial charge in [-0.1, -0.05) is 65.8 Å². The summed E-state index contributed by atoms with van der Waals surface area (Å²) in [5.74, 6) is -2.84. The molecule has 5 aromatic rings. The van der Waals surface area contributed by atoms with Crippen molar-refractivity contribution in [2.24, 2.45) is 0 Å². The zero-order chi connectivity index (χ0) is 39.1. The fourth-order valence-corrected chi connectivity index (χ4v) is 5.84. The van der Waals surface area contributed by atoms with E-state index in [-0.39, 0.29) is 54.7 Å². The number of carbonyl (C=O) groups is 5. The van der Waals surface area contributed by atoms with Gasteiger partial charge in [-0.2, -0.15) is 0 Å². The summed E-state index contributed by atoms with van der Waals surface area (Å²) >= 11 is 0. The summed E-state index contributed by atoms with van der Waals surface area (Å²) in [6, 6.07) is 16.2. The molecule has 0 saturated carbocycles. The van der Waals surface area contributed by atoms with E-state index in [0.29, 0.717) is 17.1 Å². The van der Waals surface area contributed by atoms with Crippen molar-refractivity contribution in [1.29, 1.82) is 0 Å². The lowest BCUT2D eigenvalue weighted by Crippen LogP contribution is -2.56. The van der Waals surface area contributed by atoms with Gasteiger partial charge in [-0.05, 0) is 26.3 Å². The van der Waals surface area contributed by atoms with Crippen LogP contribution in [0.4, 0.5) is 0 Å². The van der Waals surface area contributed by atoms with Gasteiger partial charge in [0.25, 0.3) is 17.7 Å². The summed E-state index contributed by atoms with van der Waals surface area (Å²) in [5, 5.41) is 24.9. The number of carbonyl (C=O) groups excluding carboxylic acids is 5. The van der Waals surface area contributed by atoms with Crippen molar-refractivity contribution in [3.63, 3.8) is 0 Å². The molecule has 0 aliphatic carbocycles. The first-order valence-electron chi connectivity index (χ1n) is 17.5. The number of rotatable bonds is 5. The number of aryl methyl sites for hydroxylation is 1. The standard InChI is InChI=1S/C38H39N9O8/c1-21-33(49)39-14-15-47(38(53)27-18-40-23(3)42-32(27)25-12-8-5-9-13-25)19-26-17-28(46-55-26)34(50)43-29(16-24-10-6-4-7-11-24)37-44-30(20-54-37)35(51)45-31(22(2)48)36(52)41-21/h4-13,17-18,20-22,29,31,48H,14-16,19H2,1-3H3,(H,39,49)(H,41,52)(H,43,50)(H,45,51)/t21-,22-,29-,31+/m1/s1. The maximum atomic E-state index is 14.3. The van der Waals surface area contributed by atoms with Gasteiger partial charge in [0.1, 0.15) is 30.2 Å². The molecular formula is C38H39N9O8. The van der Waals surface area contributed by atoms with Gasteiger partial charge in [0, 0.05) is 37.3 Å². The monoisotopic (exact) mass is 749 g/mol. The molecule has 1 aliphatic rings. The Morgan fingerprint density at radius 3 is 2.38 bits per heavy atom. The molecule has 0 saturated heterocycles. The van der Waals surface area contributed by atoms with Crippen LogP contribution in [0.2, 0.25) is 0 Å². The molecule has 2 aromatic carbocycles. The van der Waals surface area contributed by atoms with Crippen molar-refractivity contribution < 1.29 is 38.0 Å². The number of hydrogen-bond acceptors (Lipinski definition) is 12. The Bertz CT molecular complexity index is 2170. The van der Waals surface area contributed by atoms with E-state index in [1.807, 2.05) is 60.7 Å². The van der Waals surface area contributed by atoms with Crippen LogP contribution in [-0.4, -0.2) is 90.9 Å². The molecule has 4 heterocycles.